The van der Waals surface area contributed by atoms with Gasteiger partial charge >= 0.3 is 0 Å². The van der Waals surface area contributed by atoms with Gasteiger partial charge in [0.15, 0.2) is 0 Å². The van der Waals surface area contributed by atoms with Crippen LogP contribution >= 0.6 is 0 Å². The molecule has 0 aliphatic rings. The number of nitrogens with one attached hydrogen (secondary N) is 1. The van der Waals surface area contributed by atoms with Gasteiger partial charge in [-0.25, -0.2) is 0 Å². The summed E-state index contributed by atoms with van der Waals surface area (Å²) >= 11 is 0. The molecule has 0 unspecified atom stereocenters. The van der Waals surface area contributed by atoms with E-state index in [1.165, 1.54) is 27.9 Å². The molecule has 0 radical (unpaired) electrons. The smallest absolute Gasteiger partial charge is 0.0417 e. The molecule has 2 rings (SSSR count). The van der Waals surface area contributed by atoms with Gasteiger partial charge in [0, 0.05) is 18.3 Å². The Morgan fingerprint density at radius 1 is 0.750 bits per heavy atom. The summed E-state index contributed by atoms with van der Waals surface area (Å²) in [7, 11) is 1.99. The van der Waals surface area contributed by atoms with Crippen molar-refractivity contribution in [3.8, 4) is 11.1 Å². The molecule has 106 valence electrons. The number of hydrogen-bond donors (Lipinski definition) is 1. The van der Waals surface area contributed by atoms with Gasteiger partial charge in [0.2, 0.25) is 0 Å². The van der Waals surface area contributed by atoms with Crippen molar-refractivity contribution >= 4 is 5.69 Å². The number of rotatable bonds is 4. The molecule has 0 bridgehead atoms. The number of para-hydroxylation sites is 1. The fourth-order valence-electron chi connectivity index (χ4n) is 2.78. The number of hydrogen-bond acceptors (Lipinski definition) is 1. The minimum atomic E-state index is 0.522. The van der Waals surface area contributed by atoms with Crippen LogP contribution in [0.4, 0.5) is 5.69 Å². The molecule has 0 atom stereocenters. The molecule has 0 aliphatic heterocycles. The normalized spacial score (nSPS) is 11.2. The van der Waals surface area contributed by atoms with E-state index in [4.69, 9.17) is 0 Å². The van der Waals surface area contributed by atoms with Crippen LogP contribution in [-0.2, 0) is 0 Å². The summed E-state index contributed by atoms with van der Waals surface area (Å²) in [6, 6.07) is 15.3. The van der Waals surface area contributed by atoms with Crippen molar-refractivity contribution in [1.82, 2.24) is 0 Å². The van der Waals surface area contributed by atoms with Gasteiger partial charge in [0.25, 0.3) is 0 Å². The molecule has 20 heavy (non-hydrogen) atoms. The van der Waals surface area contributed by atoms with Gasteiger partial charge in [-0.3, -0.25) is 0 Å². The second kappa shape index (κ2) is 6.13. The van der Waals surface area contributed by atoms with Crippen molar-refractivity contribution in [2.24, 2.45) is 0 Å². The first-order chi connectivity index (χ1) is 9.56. The third-order valence-electron chi connectivity index (χ3n) is 3.84. The quantitative estimate of drug-likeness (QED) is 0.755. The maximum Gasteiger partial charge on any atom is 0.0417 e. The second-order valence-electron chi connectivity index (χ2n) is 5.92. The summed E-state index contributed by atoms with van der Waals surface area (Å²) in [5, 5.41) is 3.33. The molecule has 0 spiro atoms. The predicted octanol–water partition coefficient (Wildman–Crippen LogP) is 5.64. The summed E-state index contributed by atoms with van der Waals surface area (Å²) in [4.78, 5) is 0. The summed E-state index contributed by atoms with van der Waals surface area (Å²) in [5.41, 5.74) is 6.77. The SMILES string of the molecule is CNc1ccccc1-c1c(C(C)C)cccc1C(C)C. The molecule has 0 saturated heterocycles. The van der Waals surface area contributed by atoms with E-state index in [0.717, 1.165) is 0 Å². The van der Waals surface area contributed by atoms with Gasteiger partial charge in [0.1, 0.15) is 0 Å². The highest BCUT2D eigenvalue weighted by Gasteiger charge is 2.17. The molecule has 0 heterocycles. The zero-order valence-electron chi connectivity index (χ0n) is 13.2. The highest BCUT2D eigenvalue weighted by Crippen LogP contribution is 2.39. The number of benzene rings is 2. The van der Waals surface area contributed by atoms with Gasteiger partial charge in [-0.1, -0.05) is 64.1 Å². The minimum absolute atomic E-state index is 0.522. The maximum atomic E-state index is 3.33. The second-order valence-corrected chi connectivity index (χ2v) is 5.92. The van der Waals surface area contributed by atoms with Crippen molar-refractivity contribution in [3.05, 3.63) is 53.6 Å². The molecular weight excluding hydrogens is 242 g/mol. The van der Waals surface area contributed by atoms with Gasteiger partial charge in [0.05, 0.1) is 0 Å². The predicted molar refractivity (Wildman–Crippen MR) is 89.6 cm³/mol. The topological polar surface area (TPSA) is 12.0 Å². The van der Waals surface area contributed by atoms with E-state index >= 15 is 0 Å². The van der Waals surface area contributed by atoms with Crippen LogP contribution in [0.3, 0.4) is 0 Å². The third kappa shape index (κ3) is 2.72. The van der Waals surface area contributed by atoms with E-state index < -0.39 is 0 Å². The Kier molecular flexibility index (Phi) is 4.49. The Morgan fingerprint density at radius 3 is 1.80 bits per heavy atom. The Hall–Kier alpha value is -1.76. The van der Waals surface area contributed by atoms with Crippen LogP contribution in [0.1, 0.15) is 50.7 Å². The van der Waals surface area contributed by atoms with Crippen LogP contribution in [0.15, 0.2) is 42.5 Å². The lowest BCUT2D eigenvalue weighted by Gasteiger charge is -2.21. The minimum Gasteiger partial charge on any atom is -0.388 e. The first kappa shape index (κ1) is 14.6. The average molecular weight is 267 g/mol. The zero-order valence-corrected chi connectivity index (χ0v) is 13.2. The molecule has 0 amide bonds. The molecule has 0 saturated carbocycles. The van der Waals surface area contributed by atoms with E-state index in [1.807, 2.05) is 7.05 Å². The Morgan fingerprint density at radius 2 is 1.30 bits per heavy atom. The summed E-state index contributed by atoms with van der Waals surface area (Å²) in [6.07, 6.45) is 0. The molecule has 0 aliphatic carbocycles. The third-order valence-corrected chi connectivity index (χ3v) is 3.84. The summed E-state index contributed by atoms with van der Waals surface area (Å²) < 4.78 is 0. The number of anilines is 1. The zero-order chi connectivity index (χ0) is 14.7. The highest BCUT2D eigenvalue weighted by atomic mass is 14.8. The van der Waals surface area contributed by atoms with Crippen LogP contribution in [-0.4, -0.2) is 7.05 Å². The lowest BCUT2D eigenvalue weighted by Crippen LogP contribution is -2.02. The van der Waals surface area contributed by atoms with Crippen LogP contribution < -0.4 is 5.32 Å². The molecule has 0 aromatic heterocycles. The average Bonchev–Trinajstić information content (AvgIpc) is 2.46. The first-order valence-electron chi connectivity index (χ1n) is 7.46. The summed E-state index contributed by atoms with van der Waals surface area (Å²) in [6.45, 7) is 9.08. The van der Waals surface area contributed by atoms with E-state index in [9.17, 15) is 0 Å². The highest BCUT2D eigenvalue weighted by molar-refractivity contribution is 5.82. The largest absolute Gasteiger partial charge is 0.388 e. The first-order valence-corrected chi connectivity index (χ1v) is 7.46. The lowest BCUT2D eigenvalue weighted by atomic mass is 9.84. The molecule has 1 nitrogen and oxygen atoms in total. The van der Waals surface area contributed by atoms with Crippen LogP contribution in [0.2, 0.25) is 0 Å². The molecule has 0 fully saturated rings. The van der Waals surface area contributed by atoms with E-state index in [1.54, 1.807) is 0 Å². The molecule has 1 N–H and O–H groups in total. The monoisotopic (exact) mass is 267 g/mol. The van der Waals surface area contributed by atoms with Crippen LogP contribution in [0.25, 0.3) is 11.1 Å². The fourth-order valence-corrected chi connectivity index (χ4v) is 2.78. The molecule has 2 aromatic rings. The standard InChI is InChI=1S/C19H25N/c1-13(2)15-10-8-11-16(14(3)4)19(15)17-9-6-7-12-18(17)20-5/h6-14,20H,1-5H3. The maximum absolute atomic E-state index is 3.33. The Balaban J connectivity index is 2.76. The van der Waals surface area contributed by atoms with E-state index in [0.29, 0.717) is 11.8 Å². The van der Waals surface area contributed by atoms with Gasteiger partial charge < -0.3 is 5.32 Å². The van der Waals surface area contributed by atoms with Crippen LogP contribution in [0.5, 0.6) is 0 Å². The van der Waals surface area contributed by atoms with Gasteiger partial charge in [-0.15, -0.1) is 0 Å². The molecule has 2 aromatic carbocycles. The van der Waals surface area contributed by atoms with Crippen molar-refractivity contribution in [2.75, 3.05) is 12.4 Å². The van der Waals surface area contributed by atoms with Crippen LogP contribution in [0, 0.1) is 0 Å². The fraction of sp³-hybridized carbons (Fsp3) is 0.368. The van der Waals surface area contributed by atoms with Crippen molar-refractivity contribution in [1.29, 1.82) is 0 Å². The summed E-state index contributed by atoms with van der Waals surface area (Å²) in [5.74, 6) is 1.04. The molecule has 1 heteroatoms. The van der Waals surface area contributed by atoms with E-state index in [2.05, 4.69) is 75.5 Å². The Labute approximate surface area is 123 Å². The van der Waals surface area contributed by atoms with Gasteiger partial charge in [-0.05, 0) is 34.6 Å². The lowest BCUT2D eigenvalue weighted by molar-refractivity contribution is 0.838. The van der Waals surface area contributed by atoms with Crippen molar-refractivity contribution < 1.29 is 0 Å². The van der Waals surface area contributed by atoms with Gasteiger partial charge in [-0.2, -0.15) is 0 Å². The molecular formula is C19H25N. The Bertz CT molecular complexity index is 556. The van der Waals surface area contributed by atoms with E-state index in [-0.39, 0.29) is 0 Å². The van der Waals surface area contributed by atoms with Crippen molar-refractivity contribution in [3.63, 3.8) is 0 Å². The van der Waals surface area contributed by atoms with Crippen molar-refractivity contribution in [2.45, 2.75) is 39.5 Å².